The molecule has 0 saturated carbocycles. The molecule has 158 valence electrons. The average Bonchev–Trinajstić information content (AvgIpc) is 2.73. The molecular formula is C23H33FN4O. The third-order valence-corrected chi connectivity index (χ3v) is 4.54. The molecule has 0 amide bonds. The lowest BCUT2D eigenvalue weighted by Gasteiger charge is -2.25. The molecule has 0 unspecified atom stereocenters. The highest BCUT2D eigenvalue weighted by Gasteiger charge is 2.16. The Morgan fingerprint density at radius 2 is 1.93 bits per heavy atom. The van der Waals surface area contributed by atoms with Gasteiger partial charge in [0.25, 0.3) is 5.56 Å². The maximum atomic E-state index is 14.1. The Morgan fingerprint density at radius 3 is 2.48 bits per heavy atom. The minimum atomic E-state index is -0.485. The number of nitrogens with zero attached hydrogens (tertiary/aromatic N) is 4. The number of pyridine rings is 1. The summed E-state index contributed by atoms with van der Waals surface area (Å²) in [5, 5.41) is 0. The summed E-state index contributed by atoms with van der Waals surface area (Å²) in [6.07, 6.45) is 10.5. The molecule has 0 aliphatic rings. The van der Waals surface area contributed by atoms with Gasteiger partial charge in [-0.3, -0.25) is 14.3 Å². The molecule has 5 nitrogen and oxygen atoms in total. The minimum absolute atomic E-state index is 0.208. The number of anilines is 1. The number of hydrogen-bond acceptors (Lipinski definition) is 4. The lowest BCUT2D eigenvalue weighted by molar-refractivity contribution is 0.623. The summed E-state index contributed by atoms with van der Waals surface area (Å²) in [5.74, 6) is 0.0745. The van der Waals surface area contributed by atoms with Gasteiger partial charge < -0.3 is 4.90 Å². The maximum Gasteiger partial charge on any atom is 0.255 e. The minimum Gasteiger partial charge on any atom is -0.342 e. The molecule has 0 aliphatic heterocycles. The predicted octanol–water partition coefficient (Wildman–Crippen LogP) is 5.14. The second kappa shape index (κ2) is 12.6. The van der Waals surface area contributed by atoms with Crippen LogP contribution in [-0.4, -0.2) is 27.6 Å². The van der Waals surface area contributed by atoms with Gasteiger partial charge in [0, 0.05) is 38.0 Å². The first-order chi connectivity index (χ1) is 13.9. The lowest BCUT2D eigenvalue weighted by Crippen LogP contribution is -2.33. The van der Waals surface area contributed by atoms with Crippen LogP contribution in [0, 0.1) is 5.82 Å². The van der Waals surface area contributed by atoms with E-state index in [1.54, 1.807) is 7.05 Å². The van der Waals surface area contributed by atoms with Gasteiger partial charge in [-0.05, 0) is 46.6 Å². The van der Waals surface area contributed by atoms with Crippen molar-refractivity contribution in [2.45, 2.75) is 47.5 Å². The molecule has 2 rings (SSSR count). The second-order valence-electron chi connectivity index (χ2n) is 6.73. The number of halogens is 1. The molecule has 0 atom stereocenters. The van der Waals surface area contributed by atoms with Crippen LogP contribution in [0.1, 0.15) is 47.5 Å². The van der Waals surface area contributed by atoms with E-state index in [1.165, 1.54) is 28.5 Å². The molecule has 0 saturated heterocycles. The molecule has 2 heterocycles. The van der Waals surface area contributed by atoms with Crippen LogP contribution in [0.5, 0.6) is 0 Å². The quantitative estimate of drug-likeness (QED) is 0.604. The van der Waals surface area contributed by atoms with Gasteiger partial charge in [0.15, 0.2) is 5.82 Å². The Balaban J connectivity index is 0.000000960. The van der Waals surface area contributed by atoms with E-state index in [-0.39, 0.29) is 11.1 Å². The SMILES string of the molecule is C/C=C(\C)CCN(CCC)c1nc(-c2ccncc2F)cc(=O)n1C.C/C=C\C. The van der Waals surface area contributed by atoms with Gasteiger partial charge in [-0.2, -0.15) is 0 Å². The van der Waals surface area contributed by atoms with Gasteiger partial charge in [-0.25, -0.2) is 9.37 Å². The average molecular weight is 401 g/mol. The van der Waals surface area contributed by atoms with E-state index in [4.69, 9.17) is 0 Å². The summed E-state index contributed by atoms with van der Waals surface area (Å²) in [7, 11) is 1.70. The highest BCUT2D eigenvalue weighted by molar-refractivity contribution is 5.60. The van der Waals surface area contributed by atoms with Crippen LogP contribution in [0.25, 0.3) is 11.3 Å². The molecule has 0 radical (unpaired) electrons. The summed E-state index contributed by atoms with van der Waals surface area (Å²) in [5.41, 5.74) is 1.69. The van der Waals surface area contributed by atoms with E-state index in [9.17, 15) is 9.18 Å². The monoisotopic (exact) mass is 400 g/mol. The van der Waals surface area contributed by atoms with E-state index in [0.717, 1.165) is 32.1 Å². The van der Waals surface area contributed by atoms with Crippen molar-refractivity contribution in [2.75, 3.05) is 18.0 Å². The summed E-state index contributed by atoms with van der Waals surface area (Å²) in [6, 6.07) is 2.90. The van der Waals surface area contributed by atoms with Crippen LogP contribution < -0.4 is 10.5 Å². The first kappa shape index (κ1) is 24.3. The van der Waals surface area contributed by atoms with Gasteiger partial charge in [-0.15, -0.1) is 0 Å². The van der Waals surface area contributed by atoms with Crippen LogP contribution in [0.15, 0.2) is 53.1 Å². The van der Waals surface area contributed by atoms with Crippen molar-refractivity contribution in [3.05, 3.63) is 64.5 Å². The maximum absolute atomic E-state index is 14.1. The van der Waals surface area contributed by atoms with Gasteiger partial charge >= 0.3 is 0 Å². The molecule has 2 aromatic heterocycles. The zero-order valence-electron chi connectivity index (χ0n) is 18.4. The fourth-order valence-corrected chi connectivity index (χ4v) is 2.57. The predicted molar refractivity (Wildman–Crippen MR) is 120 cm³/mol. The van der Waals surface area contributed by atoms with Crippen LogP contribution in [0.2, 0.25) is 0 Å². The summed E-state index contributed by atoms with van der Waals surface area (Å²) < 4.78 is 15.6. The second-order valence-corrected chi connectivity index (χ2v) is 6.73. The molecule has 0 bridgehead atoms. The van der Waals surface area contributed by atoms with E-state index in [0.29, 0.717) is 11.6 Å². The molecule has 0 aromatic carbocycles. The molecule has 0 N–H and O–H groups in total. The molecule has 0 fully saturated rings. The zero-order valence-corrected chi connectivity index (χ0v) is 18.4. The van der Waals surface area contributed by atoms with Crippen molar-refractivity contribution in [1.29, 1.82) is 0 Å². The van der Waals surface area contributed by atoms with Gasteiger partial charge in [0.2, 0.25) is 5.95 Å². The van der Waals surface area contributed by atoms with Crippen molar-refractivity contribution < 1.29 is 4.39 Å². The Bertz CT molecular complexity index is 883. The Kier molecular flexibility index (Phi) is 10.6. The van der Waals surface area contributed by atoms with Crippen LogP contribution in [-0.2, 0) is 7.05 Å². The first-order valence-electron chi connectivity index (χ1n) is 10.0. The summed E-state index contributed by atoms with van der Waals surface area (Å²) >= 11 is 0. The van der Waals surface area contributed by atoms with Crippen molar-refractivity contribution in [3.8, 4) is 11.3 Å². The smallest absolute Gasteiger partial charge is 0.255 e. The summed E-state index contributed by atoms with van der Waals surface area (Å²) in [4.78, 5) is 22.8. The molecule has 0 spiro atoms. The number of allylic oxidation sites excluding steroid dienone is 3. The largest absolute Gasteiger partial charge is 0.342 e. The lowest BCUT2D eigenvalue weighted by atomic mass is 10.2. The van der Waals surface area contributed by atoms with Crippen molar-refractivity contribution in [1.82, 2.24) is 14.5 Å². The third kappa shape index (κ3) is 7.29. The summed E-state index contributed by atoms with van der Waals surface area (Å²) in [6.45, 7) is 11.7. The topological polar surface area (TPSA) is 51.0 Å². The van der Waals surface area contributed by atoms with E-state index in [1.807, 2.05) is 32.9 Å². The Hall–Kier alpha value is -2.76. The first-order valence-corrected chi connectivity index (χ1v) is 10.0. The Labute approximate surface area is 173 Å². The Morgan fingerprint density at radius 1 is 1.24 bits per heavy atom. The zero-order chi connectivity index (χ0) is 21.8. The van der Waals surface area contributed by atoms with Gasteiger partial charge in [-0.1, -0.05) is 30.7 Å². The molecule has 6 heteroatoms. The standard InChI is InChI=1S/C19H25FN4O.C4H8/c1-5-10-24(11-8-14(3)6-2)19-22-17(12-18(25)23(19)4)15-7-9-21-13-16(15)20;1-3-4-2/h6-7,9,12-13H,5,8,10-11H2,1-4H3;3-4H,1-2H3/b14-6+;4-3-. The van der Waals surface area contributed by atoms with Crippen LogP contribution in [0.3, 0.4) is 0 Å². The third-order valence-electron chi connectivity index (χ3n) is 4.54. The van der Waals surface area contributed by atoms with Crippen molar-refractivity contribution in [3.63, 3.8) is 0 Å². The van der Waals surface area contributed by atoms with E-state index in [2.05, 4.69) is 34.8 Å². The van der Waals surface area contributed by atoms with Gasteiger partial charge in [0.05, 0.1) is 11.9 Å². The highest BCUT2D eigenvalue weighted by atomic mass is 19.1. The fourth-order valence-electron chi connectivity index (χ4n) is 2.57. The van der Waals surface area contributed by atoms with Crippen molar-refractivity contribution in [2.24, 2.45) is 7.05 Å². The van der Waals surface area contributed by atoms with Crippen LogP contribution >= 0.6 is 0 Å². The molecule has 0 aliphatic carbocycles. The van der Waals surface area contributed by atoms with Crippen molar-refractivity contribution >= 4 is 5.95 Å². The number of hydrogen-bond donors (Lipinski definition) is 0. The molecule has 2 aromatic rings. The molecule has 29 heavy (non-hydrogen) atoms. The molecular weight excluding hydrogens is 367 g/mol. The van der Waals surface area contributed by atoms with Gasteiger partial charge in [0.1, 0.15) is 0 Å². The number of aromatic nitrogens is 3. The number of rotatable bonds is 7. The van der Waals surface area contributed by atoms with Crippen LogP contribution in [0.4, 0.5) is 10.3 Å². The fraction of sp³-hybridized carbons (Fsp3) is 0.435. The highest BCUT2D eigenvalue weighted by Crippen LogP contribution is 2.21. The van der Waals surface area contributed by atoms with E-state index < -0.39 is 5.82 Å². The normalized spacial score (nSPS) is 11.3. The van der Waals surface area contributed by atoms with E-state index >= 15 is 0 Å².